The van der Waals surface area contributed by atoms with Crippen molar-refractivity contribution >= 4 is 5.71 Å². The van der Waals surface area contributed by atoms with Gasteiger partial charge in [-0.05, 0) is 25.0 Å². The van der Waals surface area contributed by atoms with E-state index in [9.17, 15) is 0 Å². The first-order valence-corrected chi connectivity index (χ1v) is 3.77. The zero-order valence-electron chi connectivity index (χ0n) is 7.09. The summed E-state index contributed by atoms with van der Waals surface area (Å²) in [7, 11) is 0. The molecule has 1 aliphatic heterocycles. The molecule has 0 radical (unpaired) electrons. The molecule has 0 saturated carbocycles. The van der Waals surface area contributed by atoms with Crippen molar-refractivity contribution in [2.45, 2.75) is 26.4 Å². The molecular formula is C9H14N2. The van der Waals surface area contributed by atoms with Gasteiger partial charge >= 0.3 is 0 Å². The van der Waals surface area contributed by atoms with Crippen molar-refractivity contribution in [3.8, 4) is 0 Å². The average molecular weight is 150 g/mol. The summed E-state index contributed by atoms with van der Waals surface area (Å²) in [6.45, 7) is 7.78. The lowest BCUT2D eigenvalue weighted by molar-refractivity contribution is 0.695. The van der Waals surface area contributed by atoms with Gasteiger partial charge in [0.05, 0.1) is 0 Å². The highest BCUT2D eigenvalue weighted by atomic mass is 14.9. The lowest BCUT2D eigenvalue weighted by Gasteiger charge is -2.18. The Morgan fingerprint density at radius 2 is 2.27 bits per heavy atom. The van der Waals surface area contributed by atoms with E-state index in [1.165, 1.54) is 11.1 Å². The standard InChI is InChI=1S/C9H14N2/c1-4-8-5-9(10)11-7(3)6(8)2/h4,9H,1,5,10H2,2-3H3/t9-/m0/s1. The predicted octanol–water partition coefficient (Wildman–Crippen LogP) is 1.64. The molecular weight excluding hydrogens is 136 g/mol. The molecule has 0 aromatic heterocycles. The molecule has 2 nitrogen and oxygen atoms in total. The fourth-order valence-electron chi connectivity index (χ4n) is 1.24. The van der Waals surface area contributed by atoms with Gasteiger partial charge in [0.1, 0.15) is 6.17 Å². The summed E-state index contributed by atoms with van der Waals surface area (Å²) in [5.41, 5.74) is 9.17. The normalized spacial score (nSPS) is 25.0. The van der Waals surface area contributed by atoms with E-state index in [4.69, 9.17) is 5.73 Å². The van der Waals surface area contributed by atoms with Crippen LogP contribution < -0.4 is 5.73 Å². The lowest BCUT2D eigenvalue weighted by atomic mass is 9.99. The van der Waals surface area contributed by atoms with Crippen LogP contribution in [0.5, 0.6) is 0 Å². The van der Waals surface area contributed by atoms with Gasteiger partial charge in [0.15, 0.2) is 0 Å². The maximum Gasteiger partial charge on any atom is 0.101 e. The van der Waals surface area contributed by atoms with Crippen molar-refractivity contribution in [1.82, 2.24) is 0 Å². The number of hydrogen-bond donors (Lipinski definition) is 1. The SMILES string of the molecule is C=CC1=C(C)C(C)=N[C@H](N)C1. The van der Waals surface area contributed by atoms with Crippen molar-refractivity contribution in [3.63, 3.8) is 0 Å². The summed E-state index contributed by atoms with van der Waals surface area (Å²) in [6.07, 6.45) is 2.63. The predicted molar refractivity (Wildman–Crippen MR) is 48.6 cm³/mol. The summed E-state index contributed by atoms with van der Waals surface area (Å²) in [6, 6.07) is 0. The Bertz CT molecular complexity index is 236. The molecule has 0 fully saturated rings. The number of allylic oxidation sites excluding steroid dienone is 2. The van der Waals surface area contributed by atoms with E-state index in [0.717, 1.165) is 12.1 Å². The average Bonchev–Trinajstić information content (AvgIpc) is 1.96. The summed E-state index contributed by atoms with van der Waals surface area (Å²) < 4.78 is 0. The molecule has 11 heavy (non-hydrogen) atoms. The van der Waals surface area contributed by atoms with Crippen LogP contribution in [-0.4, -0.2) is 11.9 Å². The summed E-state index contributed by atoms with van der Waals surface area (Å²) in [4.78, 5) is 4.25. The third-order valence-electron chi connectivity index (χ3n) is 2.06. The minimum atomic E-state index is -0.0632. The Labute approximate surface area is 67.5 Å². The maximum absolute atomic E-state index is 5.68. The highest BCUT2D eigenvalue weighted by Crippen LogP contribution is 2.18. The van der Waals surface area contributed by atoms with E-state index in [1.54, 1.807) is 0 Å². The number of aliphatic imine (C=N–C) groups is 1. The maximum atomic E-state index is 5.68. The molecule has 1 heterocycles. The van der Waals surface area contributed by atoms with Gasteiger partial charge in [-0.1, -0.05) is 12.7 Å². The van der Waals surface area contributed by atoms with Gasteiger partial charge in [0.25, 0.3) is 0 Å². The first-order chi connectivity index (χ1) is 5.15. The van der Waals surface area contributed by atoms with E-state index >= 15 is 0 Å². The summed E-state index contributed by atoms with van der Waals surface area (Å²) in [5.74, 6) is 0. The molecule has 60 valence electrons. The van der Waals surface area contributed by atoms with Gasteiger partial charge in [-0.3, -0.25) is 4.99 Å². The van der Waals surface area contributed by atoms with Crippen LogP contribution in [0.15, 0.2) is 28.8 Å². The van der Waals surface area contributed by atoms with Gasteiger partial charge < -0.3 is 5.73 Å². The number of nitrogens with two attached hydrogens (primary N) is 1. The van der Waals surface area contributed by atoms with Crippen LogP contribution in [0, 0.1) is 0 Å². The molecule has 1 atom stereocenters. The largest absolute Gasteiger partial charge is 0.309 e. The molecule has 0 aromatic carbocycles. The molecule has 2 N–H and O–H groups in total. The van der Waals surface area contributed by atoms with Crippen LogP contribution in [0.2, 0.25) is 0 Å². The Hall–Kier alpha value is -0.890. The fraction of sp³-hybridized carbons (Fsp3) is 0.444. The highest BCUT2D eigenvalue weighted by molar-refractivity contribution is 5.99. The van der Waals surface area contributed by atoms with Gasteiger partial charge in [-0.25, -0.2) is 0 Å². The fourth-order valence-corrected chi connectivity index (χ4v) is 1.24. The number of rotatable bonds is 1. The Morgan fingerprint density at radius 3 is 2.82 bits per heavy atom. The van der Waals surface area contributed by atoms with Crippen molar-refractivity contribution in [1.29, 1.82) is 0 Å². The topological polar surface area (TPSA) is 38.4 Å². The minimum Gasteiger partial charge on any atom is -0.309 e. The zero-order chi connectivity index (χ0) is 8.43. The first-order valence-electron chi connectivity index (χ1n) is 3.77. The molecule has 1 rings (SSSR count). The molecule has 0 aromatic rings. The third-order valence-corrected chi connectivity index (χ3v) is 2.06. The smallest absolute Gasteiger partial charge is 0.101 e. The van der Waals surface area contributed by atoms with Crippen molar-refractivity contribution in [2.24, 2.45) is 10.7 Å². The number of nitrogens with zero attached hydrogens (tertiary/aromatic N) is 1. The van der Waals surface area contributed by atoms with Crippen LogP contribution in [0.4, 0.5) is 0 Å². The number of dihydropyridines is 1. The second kappa shape index (κ2) is 3.01. The molecule has 0 aliphatic carbocycles. The van der Waals surface area contributed by atoms with Gasteiger partial charge in [0, 0.05) is 12.1 Å². The van der Waals surface area contributed by atoms with Gasteiger partial charge in [0.2, 0.25) is 0 Å². The Kier molecular flexibility index (Phi) is 2.25. The van der Waals surface area contributed by atoms with Crippen LogP contribution in [0.1, 0.15) is 20.3 Å². The quantitative estimate of drug-likeness (QED) is 0.606. The highest BCUT2D eigenvalue weighted by Gasteiger charge is 2.12. The summed E-state index contributed by atoms with van der Waals surface area (Å²) >= 11 is 0. The molecule has 0 amide bonds. The van der Waals surface area contributed by atoms with Gasteiger partial charge in [-0.15, -0.1) is 0 Å². The first kappa shape index (κ1) is 8.21. The van der Waals surface area contributed by atoms with E-state index in [-0.39, 0.29) is 6.17 Å². The molecule has 2 heteroatoms. The molecule has 0 bridgehead atoms. The second-order valence-electron chi connectivity index (χ2n) is 2.84. The van der Waals surface area contributed by atoms with Crippen molar-refractivity contribution in [3.05, 3.63) is 23.8 Å². The van der Waals surface area contributed by atoms with Crippen LogP contribution >= 0.6 is 0 Å². The molecule has 0 saturated heterocycles. The van der Waals surface area contributed by atoms with Crippen LogP contribution in [-0.2, 0) is 0 Å². The molecule has 0 spiro atoms. The zero-order valence-corrected chi connectivity index (χ0v) is 7.09. The van der Waals surface area contributed by atoms with E-state index in [2.05, 4.69) is 18.5 Å². The van der Waals surface area contributed by atoms with E-state index in [1.807, 2.05) is 13.0 Å². The monoisotopic (exact) mass is 150 g/mol. The van der Waals surface area contributed by atoms with Crippen molar-refractivity contribution < 1.29 is 0 Å². The molecule has 0 unspecified atom stereocenters. The van der Waals surface area contributed by atoms with E-state index in [0.29, 0.717) is 0 Å². The van der Waals surface area contributed by atoms with Crippen LogP contribution in [0.3, 0.4) is 0 Å². The van der Waals surface area contributed by atoms with Crippen molar-refractivity contribution in [2.75, 3.05) is 0 Å². The third kappa shape index (κ3) is 1.57. The number of hydrogen-bond acceptors (Lipinski definition) is 2. The minimum absolute atomic E-state index is 0.0632. The van der Waals surface area contributed by atoms with E-state index < -0.39 is 0 Å². The summed E-state index contributed by atoms with van der Waals surface area (Å²) in [5, 5.41) is 0. The lowest BCUT2D eigenvalue weighted by Crippen LogP contribution is -2.23. The molecule has 1 aliphatic rings. The second-order valence-corrected chi connectivity index (χ2v) is 2.84. The van der Waals surface area contributed by atoms with Crippen LogP contribution in [0.25, 0.3) is 0 Å². The van der Waals surface area contributed by atoms with Gasteiger partial charge in [-0.2, -0.15) is 0 Å². The Morgan fingerprint density at radius 1 is 1.64 bits per heavy atom. The Balaban J connectivity index is 2.99.